The molecule has 1 aromatic rings. The monoisotopic (exact) mass is 249 g/mol. The number of nitrogens with two attached hydrogens (primary N) is 1. The van der Waals surface area contributed by atoms with E-state index in [0.717, 1.165) is 38.5 Å². The number of nitrogen functional groups attached to an aromatic ring is 1. The third-order valence-electron chi connectivity index (χ3n) is 3.29. The van der Waals surface area contributed by atoms with Gasteiger partial charge in [0.2, 0.25) is 0 Å². The van der Waals surface area contributed by atoms with Gasteiger partial charge in [0.15, 0.2) is 0 Å². The van der Waals surface area contributed by atoms with Crippen molar-refractivity contribution in [3.8, 4) is 0 Å². The molecule has 0 radical (unpaired) electrons. The van der Waals surface area contributed by atoms with Gasteiger partial charge in [-0.2, -0.15) is 0 Å². The van der Waals surface area contributed by atoms with Crippen molar-refractivity contribution in [3.05, 3.63) is 29.8 Å². The van der Waals surface area contributed by atoms with Gasteiger partial charge in [0, 0.05) is 31.9 Å². The van der Waals surface area contributed by atoms with Crippen LogP contribution < -0.4 is 5.73 Å². The van der Waals surface area contributed by atoms with Gasteiger partial charge in [-0.1, -0.05) is 12.1 Å². The van der Waals surface area contributed by atoms with Crippen LogP contribution in [-0.2, 0) is 11.3 Å². The maximum Gasteiger partial charge on any atom is 0.0829 e. The Morgan fingerprint density at radius 3 is 2.78 bits per heavy atom. The van der Waals surface area contributed by atoms with Crippen LogP contribution in [0.5, 0.6) is 0 Å². The molecule has 2 rings (SSSR count). The smallest absolute Gasteiger partial charge is 0.0829 e. The molecule has 0 aromatic heterocycles. The highest BCUT2D eigenvalue weighted by Gasteiger charge is 2.19. The number of rotatable bonds is 4. The average molecular weight is 249 g/mol. The molecule has 1 aromatic carbocycles. The summed E-state index contributed by atoms with van der Waals surface area (Å²) in [6, 6.07) is 8.07. The molecule has 1 unspecified atom stereocenters. The van der Waals surface area contributed by atoms with Crippen LogP contribution in [0.15, 0.2) is 24.3 Å². The van der Waals surface area contributed by atoms with Gasteiger partial charge in [-0.3, -0.25) is 4.90 Å². The number of hydrogen-bond acceptors (Lipinski definition) is 4. The molecule has 0 bridgehead atoms. The summed E-state index contributed by atoms with van der Waals surface area (Å²) in [5.41, 5.74) is 7.79. The van der Waals surface area contributed by atoms with Gasteiger partial charge in [0.05, 0.1) is 12.7 Å². The first-order valence-corrected chi connectivity index (χ1v) is 6.46. The Bertz CT molecular complexity index is 366. The number of likely N-dealkylation sites (N-methyl/N-ethyl adjacent to an activating group) is 2. The van der Waals surface area contributed by atoms with Gasteiger partial charge in [-0.05, 0) is 31.8 Å². The standard InChI is InChI=1S/C14H23N3O/c1-16-7-8-18-14(10-16)11-17(2)9-12-3-5-13(15)6-4-12/h3-6,14H,7-11,15H2,1-2H3. The second-order valence-electron chi connectivity index (χ2n) is 5.19. The normalized spacial score (nSPS) is 21.4. The van der Waals surface area contributed by atoms with Crippen LogP contribution in [0.4, 0.5) is 5.69 Å². The van der Waals surface area contributed by atoms with Crippen LogP contribution in [0.1, 0.15) is 5.56 Å². The van der Waals surface area contributed by atoms with E-state index in [1.807, 2.05) is 12.1 Å². The fraction of sp³-hybridized carbons (Fsp3) is 0.571. The highest BCUT2D eigenvalue weighted by atomic mass is 16.5. The van der Waals surface area contributed by atoms with Crippen molar-refractivity contribution in [2.45, 2.75) is 12.6 Å². The first-order chi connectivity index (χ1) is 8.63. The molecular formula is C14H23N3O. The van der Waals surface area contributed by atoms with Crippen molar-refractivity contribution < 1.29 is 4.74 Å². The summed E-state index contributed by atoms with van der Waals surface area (Å²) in [7, 11) is 4.28. The number of hydrogen-bond donors (Lipinski definition) is 1. The van der Waals surface area contributed by atoms with Gasteiger partial charge in [-0.25, -0.2) is 0 Å². The van der Waals surface area contributed by atoms with Crippen LogP contribution in [0.25, 0.3) is 0 Å². The first kappa shape index (κ1) is 13.3. The molecule has 4 heteroatoms. The predicted molar refractivity (Wildman–Crippen MR) is 74.4 cm³/mol. The summed E-state index contributed by atoms with van der Waals surface area (Å²) in [5.74, 6) is 0. The maximum absolute atomic E-state index is 5.77. The number of morpholine rings is 1. The lowest BCUT2D eigenvalue weighted by molar-refractivity contribution is -0.0333. The molecule has 1 saturated heterocycles. The molecule has 1 aliphatic rings. The Kier molecular flexibility index (Phi) is 4.58. The second-order valence-corrected chi connectivity index (χ2v) is 5.19. The van der Waals surface area contributed by atoms with Crippen molar-refractivity contribution in [1.82, 2.24) is 9.80 Å². The van der Waals surface area contributed by atoms with Crippen molar-refractivity contribution in [3.63, 3.8) is 0 Å². The molecule has 1 heterocycles. The zero-order valence-corrected chi connectivity index (χ0v) is 11.3. The maximum atomic E-state index is 5.77. The van der Waals surface area contributed by atoms with E-state index in [1.165, 1.54) is 5.56 Å². The van der Waals surface area contributed by atoms with E-state index in [2.05, 4.69) is 36.0 Å². The number of nitrogens with zero attached hydrogens (tertiary/aromatic N) is 2. The fourth-order valence-corrected chi connectivity index (χ4v) is 2.32. The summed E-state index contributed by atoms with van der Waals surface area (Å²) in [6.45, 7) is 4.81. The topological polar surface area (TPSA) is 41.7 Å². The molecule has 0 spiro atoms. The van der Waals surface area contributed by atoms with Gasteiger partial charge in [-0.15, -0.1) is 0 Å². The molecule has 4 nitrogen and oxygen atoms in total. The molecule has 1 aliphatic heterocycles. The third kappa shape index (κ3) is 3.98. The highest BCUT2D eigenvalue weighted by Crippen LogP contribution is 2.10. The average Bonchev–Trinajstić information content (AvgIpc) is 2.32. The van der Waals surface area contributed by atoms with Crippen LogP contribution in [0, 0.1) is 0 Å². The number of benzene rings is 1. The zero-order chi connectivity index (χ0) is 13.0. The van der Waals surface area contributed by atoms with Crippen molar-refractivity contribution in [2.75, 3.05) is 46.1 Å². The molecule has 0 amide bonds. The summed E-state index contributed by atoms with van der Waals surface area (Å²) >= 11 is 0. The van der Waals surface area contributed by atoms with Crippen LogP contribution >= 0.6 is 0 Å². The quantitative estimate of drug-likeness (QED) is 0.809. The van der Waals surface area contributed by atoms with Gasteiger partial charge < -0.3 is 15.4 Å². The van der Waals surface area contributed by atoms with Crippen molar-refractivity contribution >= 4 is 5.69 Å². The molecule has 100 valence electrons. The van der Waals surface area contributed by atoms with Gasteiger partial charge >= 0.3 is 0 Å². The minimum absolute atomic E-state index is 0.322. The first-order valence-electron chi connectivity index (χ1n) is 6.46. The van der Waals surface area contributed by atoms with E-state index in [9.17, 15) is 0 Å². The molecule has 0 saturated carbocycles. The van der Waals surface area contributed by atoms with E-state index in [0.29, 0.717) is 6.10 Å². The molecule has 18 heavy (non-hydrogen) atoms. The van der Waals surface area contributed by atoms with E-state index in [-0.39, 0.29) is 0 Å². The van der Waals surface area contributed by atoms with Crippen molar-refractivity contribution in [1.29, 1.82) is 0 Å². The largest absolute Gasteiger partial charge is 0.399 e. The highest BCUT2D eigenvalue weighted by molar-refractivity contribution is 5.39. The lowest BCUT2D eigenvalue weighted by atomic mass is 10.2. The summed E-state index contributed by atoms with van der Waals surface area (Å²) < 4.78 is 5.77. The Labute approximate surface area is 109 Å². The molecule has 2 N–H and O–H groups in total. The number of ether oxygens (including phenoxy) is 1. The Hall–Kier alpha value is -1.10. The van der Waals surface area contributed by atoms with Crippen LogP contribution in [-0.4, -0.2) is 56.2 Å². The van der Waals surface area contributed by atoms with E-state index in [1.54, 1.807) is 0 Å². The fourth-order valence-electron chi connectivity index (χ4n) is 2.32. The SMILES string of the molecule is CN1CCOC(CN(C)Cc2ccc(N)cc2)C1. The minimum atomic E-state index is 0.322. The Morgan fingerprint density at radius 2 is 2.11 bits per heavy atom. The molecule has 0 aliphatic carbocycles. The van der Waals surface area contributed by atoms with E-state index >= 15 is 0 Å². The number of anilines is 1. The zero-order valence-electron chi connectivity index (χ0n) is 11.3. The summed E-state index contributed by atoms with van der Waals surface area (Å²) in [4.78, 5) is 4.63. The predicted octanol–water partition coefficient (Wildman–Crippen LogP) is 1.03. The van der Waals surface area contributed by atoms with Crippen molar-refractivity contribution in [2.24, 2.45) is 0 Å². The Morgan fingerprint density at radius 1 is 1.39 bits per heavy atom. The van der Waals surface area contributed by atoms with E-state index < -0.39 is 0 Å². The van der Waals surface area contributed by atoms with Gasteiger partial charge in [0.25, 0.3) is 0 Å². The summed E-state index contributed by atoms with van der Waals surface area (Å²) in [5, 5.41) is 0. The second kappa shape index (κ2) is 6.18. The van der Waals surface area contributed by atoms with Crippen LogP contribution in [0.3, 0.4) is 0 Å². The molecule has 1 fully saturated rings. The lowest BCUT2D eigenvalue weighted by Crippen LogP contribution is -2.45. The lowest BCUT2D eigenvalue weighted by Gasteiger charge is -2.32. The van der Waals surface area contributed by atoms with E-state index in [4.69, 9.17) is 10.5 Å². The third-order valence-corrected chi connectivity index (χ3v) is 3.29. The summed E-state index contributed by atoms with van der Waals surface area (Å²) in [6.07, 6.45) is 0.322. The molecule has 1 atom stereocenters. The minimum Gasteiger partial charge on any atom is -0.399 e. The Balaban J connectivity index is 1.81. The molecular weight excluding hydrogens is 226 g/mol. The van der Waals surface area contributed by atoms with Gasteiger partial charge in [0.1, 0.15) is 0 Å². The van der Waals surface area contributed by atoms with Crippen LogP contribution in [0.2, 0.25) is 0 Å².